The maximum atomic E-state index is 5.37. The van der Waals surface area contributed by atoms with Crippen molar-refractivity contribution in [2.24, 2.45) is 4.99 Å². The number of anilines is 1. The maximum Gasteiger partial charge on any atom is 0.0702 e. The first-order valence-electron chi connectivity index (χ1n) is 14.2. The number of pyridine rings is 1. The fourth-order valence-electron chi connectivity index (χ4n) is 5.05. The molecule has 1 N–H and O–H groups in total. The number of aliphatic imine (C=N–C) groups is 1. The number of allylic oxidation sites excluding steroid dienone is 2. The normalized spacial score (nSPS) is 13.1. The summed E-state index contributed by atoms with van der Waals surface area (Å²) in [6.07, 6.45) is 2.59. The highest BCUT2D eigenvalue weighted by Crippen LogP contribution is 2.37. The van der Waals surface area contributed by atoms with Gasteiger partial charge < -0.3 is 5.32 Å². The number of aromatic nitrogens is 1. The molecule has 3 nitrogen and oxygen atoms in total. The lowest BCUT2D eigenvalue weighted by molar-refractivity contribution is 0.834. The van der Waals surface area contributed by atoms with Crippen LogP contribution in [0.15, 0.2) is 77.1 Å². The average molecular weight is 510 g/mol. The molecule has 1 heterocycles. The van der Waals surface area contributed by atoms with Crippen LogP contribution in [-0.4, -0.2) is 10.7 Å². The van der Waals surface area contributed by atoms with Gasteiger partial charge in [0, 0.05) is 35.4 Å². The largest absolute Gasteiger partial charge is 0.358 e. The van der Waals surface area contributed by atoms with Crippen molar-refractivity contribution >= 4 is 17.1 Å². The first-order valence-corrected chi connectivity index (χ1v) is 14.2. The molecular weight excluding hydrogens is 462 g/mol. The molecule has 202 valence electrons. The van der Waals surface area contributed by atoms with Crippen molar-refractivity contribution in [3.8, 4) is 0 Å². The van der Waals surface area contributed by atoms with E-state index in [-0.39, 0.29) is 0 Å². The fraction of sp³-hybridized carbons (Fsp3) is 0.429. The van der Waals surface area contributed by atoms with Crippen molar-refractivity contribution in [3.63, 3.8) is 0 Å². The monoisotopic (exact) mass is 509 g/mol. The van der Waals surface area contributed by atoms with Gasteiger partial charge in [-0.2, -0.15) is 0 Å². The Kier molecular flexibility index (Phi) is 10.1. The molecule has 0 amide bonds. The van der Waals surface area contributed by atoms with Gasteiger partial charge >= 0.3 is 0 Å². The summed E-state index contributed by atoms with van der Waals surface area (Å²) in [5.41, 5.74) is 12.0. The van der Waals surface area contributed by atoms with E-state index in [0.29, 0.717) is 23.7 Å². The highest BCUT2D eigenvalue weighted by Gasteiger charge is 2.18. The van der Waals surface area contributed by atoms with Crippen molar-refractivity contribution in [1.29, 1.82) is 0 Å². The zero-order chi connectivity index (χ0) is 28.0. The lowest BCUT2D eigenvalue weighted by Gasteiger charge is -2.23. The van der Waals surface area contributed by atoms with Gasteiger partial charge in [0.05, 0.1) is 5.69 Å². The Balaban J connectivity index is 2.22. The van der Waals surface area contributed by atoms with E-state index >= 15 is 0 Å². The second kappa shape index (κ2) is 13.0. The molecule has 3 heteroatoms. The number of nitrogens with zero attached hydrogens (tertiary/aromatic N) is 2. The third-order valence-corrected chi connectivity index (χ3v) is 7.28. The van der Waals surface area contributed by atoms with Crippen LogP contribution in [0.3, 0.4) is 0 Å². The van der Waals surface area contributed by atoms with Crippen LogP contribution in [0.1, 0.15) is 121 Å². The Hall–Kier alpha value is -3.20. The highest BCUT2D eigenvalue weighted by atomic mass is 14.9. The number of rotatable bonds is 10. The Morgan fingerprint density at radius 1 is 0.684 bits per heavy atom. The Labute approximate surface area is 231 Å². The molecule has 3 aromatic rings. The van der Waals surface area contributed by atoms with E-state index in [4.69, 9.17) is 4.99 Å². The SMILES string of the molecule is C/C(Nc1c(C(C)C)cccc1C(C)C)=C(Cc1ccccn1)/C(C)=N/c1c(C(C)C)cccc1C(C)C. The number of para-hydroxylation sites is 2. The van der Waals surface area contributed by atoms with Crippen LogP contribution in [-0.2, 0) is 6.42 Å². The lowest BCUT2D eigenvalue weighted by Crippen LogP contribution is -2.13. The molecular formula is C35H47N3. The Morgan fingerprint density at radius 2 is 1.18 bits per heavy atom. The van der Waals surface area contributed by atoms with Gasteiger partial charge in [-0.15, -0.1) is 0 Å². The number of benzene rings is 2. The smallest absolute Gasteiger partial charge is 0.0702 e. The number of nitrogens with one attached hydrogen (secondary N) is 1. The number of hydrogen-bond donors (Lipinski definition) is 1. The van der Waals surface area contributed by atoms with Gasteiger partial charge in [-0.05, 0) is 77.5 Å². The molecule has 0 spiro atoms. The zero-order valence-corrected chi connectivity index (χ0v) is 25.2. The van der Waals surface area contributed by atoms with Crippen molar-refractivity contribution < 1.29 is 0 Å². The van der Waals surface area contributed by atoms with Crippen LogP contribution < -0.4 is 5.32 Å². The predicted molar refractivity (Wildman–Crippen MR) is 166 cm³/mol. The van der Waals surface area contributed by atoms with Crippen molar-refractivity contribution in [3.05, 3.63) is 100 Å². The van der Waals surface area contributed by atoms with Gasteiger partial charge in [-0.1, -0.05) is 97.9 Å². The lowest BCUT2D eigenvalue weighted by atomic mass is 9.92. The van der Waals surface area contributed by atoms with Crippen LogP contribution in [0.25, 0.3) is 0 Å². The van der Waals surface area contributed by atoms with Crippen LogP contribution in [0, 0.1) is 0 Å². The molecule has 0 radical (unpaired) electrons. The van der Waals surface area contributed by atoms with Gasteiger partial charge in [-0.3, -0.25) is 9.98 Å². The minimum Gasteiger partial charge on any atom is -0.358 e. The molecule has 0 saturated carbocycles. The summed E-state index contributed by atoms with van der Waals surface area (Å²) in [6.45, 7) is 22.4. The molecule has 0 aliphatic carbocycles. The average Bonchev–Trinajstić information content (AvgIpc) is 2.87. The molecule has 2 aromatic carbocycles. The van der Waals surface area contributed by atoms with Gasteiger partial charge in [0.2, 0.25) is 0 Å². The first kappa shape index (κ1) is 29.4. The van der Waals surface area contributed by atoms with E-state index in [9.17, 15) is 0 Å². The van der Waals surface area contributed by atoms with Crippen LogP contribution in [0.2, 0.25) is 0 Å². The summed E-state index contributed by atoms with van der Waals surface area (Å²) < 4.78 is 0. The summed E-state index contributed by atoms with van der Waals surface area (Å²) in [5, 5.41) is 3.87. The van der Waals surface area contributed by atoms with E-state index in [2.05, 4.69) is 128 Å². The van der Waals surface area contributed by atoms with E-state index in [1.165, 1.54) is 33.5 Å². The zero-order valence-electron chi connectivity index (χ0n) is 25.2. The second-order valence-electron chi connectivity index (χ2n) is 11.6. The highest BCUT2D eigenvalue weighted by molar-refractivity contribution is 6.01. The second-order valence-corrected chi connectivity index (χ2v) is 11.6. The molecule has 0 fully saturated rings. The molecule has 0 saturated heterocycles. The fourth-order valence-corrected chi connectivity index (χ4v) is 5.05. The van der Waals surface area contributed by atoms with Gasteiger partial charge in [0.1, 0.15) is 0 Å². The summed E-state index contributed by atoms with van der Waals surface area (Å²) in [5.74, 6) is 1.64. The minimum absolute atomic E-state index is 0.397. The first-order chi connectivity index (χ1) is 18.0. The third-order valence-electron chi connectivity index (χ3n) is 7.28. The van der Waals surface area contributed by atoms with Crippen molar-refractivity contribution in [2.45, 2.75) is 99.3 Å². The van der Waals surface area contributed by atoms with Crippen LogP contribution in [0.5, 0.6) is 0 Å². The predicted octanol–water partition coefficient (Wildman–Crippen LogP) is 10.3. The van der Waals surface area contributed by atoms with E-state index in [0.717, 1.165) is 29.2 Å². The van der Waals surface area contributed by atoms with Gasteiger partial charge in [0.15, 0.2) is 0 Å². The van der Waals surface area contributed by atoms with Crippen molar-refractivity contribution in [1.82, 2.24) is 4.98 Å². The van der Waals surface area contributed by atoms with Crippen LogP contribution in [0.4, 0.5) is 11.4 Å². The molecule has 0 bridgehead atoms. The Bertz CT molecular complexity index is 1230. The quantitative estimate of drug-likeness (QED) is 0.276. The summed E-state index contributed by atoms with van der Waals surface area (Å²) in [6, 6.07) is 19.4. The summed E-state index contributed by atoms with van der Waals surface area (Å²) in [4.78, 5) is 10.0. The van der Waals surface area contributed by atoms with E-state index in [1.54, 1.807) is 0 Å². The number of hydrogen-bond acceptors (Lipinski definition) is 3. The third kappa shape index (κ3) is 7.01. The Morgan fingerprint density at radius 3 is 1.63 bits per heavy atom. The van der Waals surface area contributed by atoms with Crippen LogP contribution >= 0.6 is 0 Å². The molecule has 38 heavy (non-hydrogen) atoms. The summed E-state index contributed by atoms with van der Waals surface area (Å²) in [7, 11) is 0. The standard InChI is InChI=1S/C35H47N3/c1-22(2)29-16-13-17-30(23(3)4)34(29)37-26(9)33(21-28-15-11-12-20-36-28)27(10)38-35-31(24(5)6)18-14-19-32(35)25(7)8/h11-20,22-25,37H,21H2,1-10H3/b33-26-,38-27+. The maximum absolute atomic E-state index is 5.37. The van der Waals surface area contributed by atoms with Gasteiger partial charge in [0.25, 0.3) is 0 Å². The molecule has 3 rings (SSSR count). The van der Waals surface area contributed by atoms with E-state index < -0.39 is 0 Å². The molecule has 0 atom stereocenters. The molecule has 1 aromatic heterocycles. The molecule has 0 aliphatic rings. The topological polar surface area (TPSA) is 37.3 Å². The van der Waals surface area contributed by atoms with Crippen molar-refractivity contribution in [2.75, 3.05) is 5.32 Å². The van der Waals surface area contributed by atoms with Gasteiger partial charge in [-0.25, -0.2) is 0 Å². The molecule has 0 unspecified atom stereocenters. The minimum atomic E-state index is 0.397. The van der Waals surface area contributed by atoms with E-state index in [1.807, 2.05) is 12.3 Å². The molecule has 0 aliphatic heterocycles. The summed E-state index contributed by atoms with van der Waals surface area (Å²) >= 11 is 0.